The fourth-order valence-corrected chi connectivity index (χ4v) is 8.89. The van der Waals surface area contributed by atoms with Crippen molar-refractivity contribution >= 4 is 11.8 Å². The third-order valence-electron chi connectivity index (χ3n) is 10.4. The number of carbonyl (C=O) groups excluding carboxylic acids is 2. The highest BCUT2D eigenvalue weighted by Gasteiger charge is 2.77. The number of allylic oxidation sites excluding steroid dienone is 3. The SMILES string of the molecule is C=C=C1O[C@H]2[C@H]3O[C@@H]4C[C@@H](c5ccccc5)C(C)=C4[C@@]3(C)[C@H](CC(=O)OC)[C@@]3(C)C(=O)C=C[C@]1(C)[C@H]23. The van der Waals surface area contributed by atoms with Crippen LogP contribution in [0.15, 0.2) is 71.7 Å². The summed E-state index contributed by atoms with van der Waals surface area (Å²) in [5.74, 6) is 0.135. The van der Waals surface area contributed by atoms with Crippen molar-refractivity contribution in [3.05, 3.63) is 77.3 Å². The van der Waals surface area contributed by atoms with Crippen LogP contribution in [0.1, 0.15) is 52.0 Å². The Bertz CT molecular complexity index is 1270. The highest BCUT2D eigenvalue weighted by molar-refractivity contribution is 5.97. The molecule has 0 N–H and O–H groups in total. The van der Waals surface area contributed by atoms with Gasteiger partial charge >= 0.3 is 5.97 Å². The van der Waals surface area contributed by atoms with Gasteiger partial charge in [0, 0.05) is 22.7 Å². The molecule has 1 aromatic carbocycles. The Hall–Kier alpha value is -2.88. The van der Waals surface area contributed by atoms with Crippen molar-refractivity contribution < 1.29 is 23.8 Å². The van der Waals surface area contributed by atoms with E-state index in [1.54, 1.807) is 6.08 Å². The van der Waals surface area contributed by atoms with E-state index in [1.165, 1.54) is 23.8 Å². The van der Waals surface area contributed by atoms with Crippen LogP contribution in [0.25, 0.3) is 0 Å². The first-order chi connectivity index (χ1) is 17.1. The molecule has 2 aliphatic heterocycles. The topological polar surface area (TPSA) is 61.8 Å². The third-order valence-corrected chi connectivity index (χ3v) is 10.4. The van der Waals surface area contributed by atoms with Crippen molar-refractivity contribution in [2.24, 2.45) is 28.1 Å². The Morgan fingerprint density at radius 1 is 1.19 bits per heavy atom. The van der Waals surface area contributed by atoms with Crippen LogP contribution in [0.5, 0.6) is 0 Å². The van der Waals surface area contributed by atoms with Crippen LogP contribution >= 0.6 is 0 Å². The van der Waals surface area contributed by atoms with Crippen molar-refractivity contribution in [1.29, 1.82) is 0 Å². The second kappa shape index (κ2) is 7.57. The van der Waals surface area contributed by atoms with Gasteiger partial charge in [0.25, 0.3) is 0 Å². The number of methoxy groups -OCH3 is 1. The van der Waals surface area contributed by atoms with Crippen molar-refractivity contribution in [3.8, 4) is 0 Å². The first kappa shape index (κ1) is 23.5. The summed E-state index contributed by atoms with van der Waals surface area (Å²) in [6, 6.07) is 10.5. The van der Waals surface area contributed by atoms with Gasteiger partial charge in [0.1, 0.15) is 18.0 Å². The summed E-state index contributed by atoms with van der Waals surface area (Å²) in [5, 5.41) is 0. The maximum Gasteiger partial charge on any atom is 0.305 e. The van der Waals surface area contributed by atoms with Gasteiger partial charge in [-0.05, 0) is 43.4 Å². The van der Waals surface area contributed by atoms with Gasteiger partial charge in [-0.3, -0.25) is 9.59 Å². The molecule has 3 fully saturated rings. The summed E-state index contributed by atoms with van der Waals surface area (Å²) in [5.41, 5.74) is 4.85. The maximum atomic E-state index is 13.9. The summed E-state index contributed by atoms with van der Waals surface area (Å²) < 4.78 is 18.7. The monoisotopic (exact) mass is 486 g/mol. The van der Waals surface area contributed by atoms with E-state index in [0.29, 0.717) is 5.76 Å². The molecule has 6 rings (SSSR count). The standard InChI is InChI=1S/C31H34O5/c1-7-23-29(3)14-13-22(32)30(4)21(16-24(33)34-6)31(5)25-17(2)19(18-11-9-8-10-12-18)15-20(25)35-28(31)26(36-23)27(29)30/h8-14,19-21,26-28H,1,15-16H2,2-6H3/t19-,20-,21-,26-,27+,28-,29+,30+,31-/m1/s1. The van der Waals surface area contributed by atoms with Crippen LogP contribution in [0.3, 0.4) is 0 Å². The lowest BCUT2D eigenvalue weighted by Gasteiger charge is -2.59. The van der Waals surface area contributed by atoms with Gasteiger partial charge in [-0.1, -0.05) is 68.1 Å². The average molecular weight is 487 g/mol. The number of fused-ring (bicyclic) bond motifs is 4. The van der Waals surface area contributed by atoms with Gasteiger partial charge in [0.15, 0.2) is 5.78 Å². The molecule has 36 heavy (non-hydrogen) atoms. The van der Waals surface area contributed by atoms with E-state index in [4.69, 9.17) is 14.2 Å². The molecule has 0 bridgehead atoms. The Balaban J connectivity index is 1.58. The molecule has 0 spiro atoms. The zero-order chi connectivity index (χ0) is 25.6. The molecule has 1 aromatic rings. The van der Waals surface area contributed by atoms with Gasteiger partial charge in [0.05, 0.1) is 25.0 Å². The molecule has 0 aromatic heterocycles. The van der Waals surface area contributed by atoms with Crippen molar-refractivity contribution in [3.63, 3.8) is 0 Å². The van der Waals surface area contributed by atoms with E-state index in [0.717, 1.165) is 6.42 Å². The fourth-order valence-electron chi connectivity index (χ4n) is 8.89. The molecule has 2 saturated heterocycles. The minimum absolute atomic E-state index is 0.0387. The van der Waals surface area contributed by atoms with Gasteiger partial charge in [-0.15, -0.1) is 0 Å². The zero-order valence-corrected chi connectivity index (χ0v) is 21.7. The number of ketones is 1. The van der Waals surface area contributed by atoms with Crippen LogP contribution < -0.4 is 0 Å². The Morgan fingerprint density at radius 2 is 1.92 bits per heavy atom. The lowest BCUT2D eigenvalue weighted by Crippen LogP contribution is -2.66. The van der Waals surface area contributed by atoms with Crippen LogP contribution in [0.4, 0.5) is 0 Å². The second-order valence-electron chi connectivity index (χ2n) is 11.8. The summed E-state index contributed by atoms with van der Waals surface area (Å²) in [6.45, 7) is 12.4. The highest BCUT2D eigenvalue weighted by atomic mass is 16.6. The minimum atomic E-state index is -0.845. The maximum absolute atomic E-state index is 13.9. The summed E-state index contributed by atoms with van der Waals surface area (Å²) in [7, 11) is 1.42. The van der Waals surface area contributed by atoms with Gasteiger partial charge < -0.3 is 14.2 Å². The Kier molecular flexibility index (Phi) is 4.94. The van der Waals surface area contributed by atoms with Crippen molar-refractivity contribution in [2.45, 2.75) is 64.8 Å². The van der Waals surface area contributed by atoms with E-state index in [2.05, 4.69) is 57.3 Å². The number of esters is 1. The van der Waals surface area contributed by atoms with Crippen LogP contribution in [0.2, 0.25) is 0 Å². The summed E-state index contributed by atoms with van der Waals surface area (Å²) >= 11 is 0. The lowest BCUT2D eigenvalue weighted by molar-refractivity contribution is -0.187. The minimum Gasteiger partial charge on any atom is -0.483 e. The molecule has 5 aliphatic rings. The van der Waals surface area contributed by atoms with E-state index >= 15 is 0 Å². The number of hydrogen-bond acceptors (Lipinski definition) is 5. The molecular weight excluding hydrogens is 452 g/mol. The smallest absolute Gasteiger partial charge is 0.305 e. The Labute approximate surface area is 212 Å². The molecule has 0 radical (unpaired) electrons. The van der Waals surface area contributed by atoms with Crippen molar-refractivity contribution in [1.82, 2.24) is 0 Å². The van der Waals surface area contributed by atoms with Crippen LogP contribution in [-0.2, 0) is 23.8 Å². The quantitative estimate of drug-likeness (QED) is 0.330. The molecule has 188 valence electrons. The molecular formula is C31H34O5. The number of ether oxygens (including phenoxy) is 3. The molecule has 0 unspecified atom stereocenters. The molecule has 9 atom stereocenters. The predicted octanol–water partition coefficient (Wildman–Crippen LogP) is 5.29. The molecule has 1 saturated carbocycles. The Morgan fingerprint density at radius 3 is 2.58 bits per heavy atom. The second-order valence-corrected chi connectivity index (χ2v) is 11.8. The van der Waals surface area contributed by atoms with Crippen LogP contribution in [-0.4, -0.2) is 37.2 Å². The largest absolute Gasteiger partial charge is 0.483 e. The number of benzene rings is 1. The number of carbonyl (C=O) groups is 2. The highest BCUT2D eigenvalue weighted by Crippen LogP contribution is 2.73. The number of rotatable bonds is 3. The molecule has 2 heterocycles. The van der Waals surface area contributed by atoms with E-state index in [-0.39, 0.29) is 54.2 Å². The van der Waals surface area contributed by atoms with Gasteiger partial charge in [-0.2, -0.15) is 0 Å². The van der Waals surface area contributed by atoms with Gasteiger partial charge in [0.2, 0.25) is 0 Å². The van der Waals surface area contributed by atoms with E-state index in [1.807, 2.05) is 19.1 Å². The average Bonchev–Trinajstić information content (AvgIpc) is 3.47. The molecule has 3 aliphatic carbocycles. The predicted molar refractivity (Wildman–Crippen MR) is 135 cm³/mol. The summed E-state index contributed by atoms with van der Waals surface area (Å²) in [6.07, 6.45) is 3.92. The van der Waals surface area contributed by atoms with E-state index in [9.17, 15) is 9.59 Å². The van der Waals surface area contributed by atoms with E-state index < -0.39 is 16.2 Å². The van der Waals surface area contributed by atoms with Gasteiger partial charge in [-0.25, -0.2) is 0 Å². The number of hydrogen-bond donors (Lipinski definition) is 0. The molecule has 5 heteroatoms. The summed E-state index contributed by atoms with van der Waals surface area (Å²) in [4.78, 5) is 26.8. The first-order valence-electron chi connectivity index (χ1n) is 12.9. The normalized spacial score (nSPS) is 44.0. The third kappa shape index (κ3) is 2.65. The first-order valence-corrected chi connectivity index (χ1v) is 12.9. The molecule has 5 nitrogen and oxygen atoms in total. The van der Waals surface area contributed by atoms with Crippen LogP contribution in [0, 0.1) is 28.1 Å². The fraction of sp³-hybridized carbons (Fsp3) is 0.516. The zero-order valence-electron chi connectivity index (χ0n) is 21.7. The van der Waals surface area contributed by atoms with Crippen molar-refractivity contribution in [2.75, 3.05) is 7.11 Å². The molecule has 0 amide bonds. The lowest BCUT2D eigenvalue weighted by atomic mass is 9.41.